The quantitative estimate of drug-likeness (QED) is 0.583. The van der Waals surface area contributed by atoms with Crippen molar-refractivity contribution in [2.24, 2.45) is 5.92 Å². The first-order valence-corrected chi connectivity index (χ1v) is 10.7. The van der Waals surface area contributed by atoms with Gasteiger partial charge in [-0.15, -0.1) is 0 Å². The van der Waals surface area contributed by atoms with Crippen LogP contribution in [0.3, 0.4) is 0 Å². The number of carboxylic acid groups (broad SMARTS) is 1. The summed E-state index contributed by atoms with van der Waals surface area (Å²) in [6.45, 7) is 3.72. The third-order valence-corrected chi connectivity index (χ3v) is 6.68. The fourth-order valence-corrected chi connectivity index (χ4v) is 4.54. The number of benzene rings is 1. The summed E-state index contributed by atoms with van der Waals surface area (Å²) in [5.74, 6) is -1.10. The number of rotatable bonds is 8. The molecule has 0 bridgehead atoms. The van der Waals surface area contributed by atoms with Gasteiger partial charge < -0.3 is 10.1 Å². The maximum absolute atomic E-state index is 12.9. The molecular weight excluding hydrogens is 392 g/mol. The third kappa shape index (κ3) is 4.46. The van der Waals surface area contributed by atoms with Gasteiger partial charge >= 0.3 is 5.97 Å². The number of aromatic nitrogens is 3. The summed E-state index contributed by atoms with van der Waals surface area (Å²) < 4.78 is 26.8. The van der Waals surface area contributed by atoms with E-state index in [9.17, 15) is 18.3 Å². The number of hydrogen-bond donors (Lipinski definition) is 2. The van der Waals surface area contributed by atoms with Crippen molar-refractivity contribution in [1.82, 2.24) is 19.3 Å². The van der Waals surface area contributed by atoms with Crippen LogP contribution in [0.5, 0.6) is 0 Å². The number of sulfonamides is 1. The molecular formula is C20H24N4O4S. The lowest BCUT2D eigenvalue weighted by molar-refractivity contribution is -0.141. The molecule has 9 heteroatoms. The van der Waals surface area contributed by atoms with Crippen LogP contribution >= 0.6 is 0 Å². The van der Waals surface area contributed by atoms with E-state index in [0.29, 0.717) is 6.42 Å². The van der Waals surface area contributed by atoms with Gasteiger partial charge in [0.2, 0.25) is 10.0 Å². The average Bonchev–Trinajstić information content (AvgIpc) is 3.15. The molecule has 0 unspecified atom stereocenters. The van der Waals surface area contributed by atoms with Crippen molar-refractivity contribution in [1.29, 1.82) is 0 Å². The van der Waals surface area contributed by atoms with E-state index in [0.717, 1.165) is 26.6 Å². The van der Waals surface area contributed by atoms with Crippen LogP contribution < -0.4 is 0 Å². The first kappa shape index (κ1) is 20.9. The highest BCUT2D eigenvalue weighted by atomic mass is 32.2. The summed E-state index contributed by atoms with van der Waals surface area (Å²) in [5, 5.41) is 9.46. The van der Waals surface area contributed by atoms with E-state index < -0.39 is 22.0 Å². The van der Waals surface area contributed by atoms with Crippen LogP contribution in [0.4, 0.5) is 0 Å². The molecule has 8 nitrogen and oxygen atoms in total. The summed E-state index contributed by atoms with van der Waals surface area (Å²) in [6, 6.07) is 7.16. The molecule has 3 rings (SSSR count). The van der Waals surface area contributed by atoms with Gasteiger partial charge in [0.1, 0.15) is 11.6 Å². The van der Waals surface area contributed by atoms with Gasteiger partial charge in [-0.2, -0.15) is 4.31 Å². The topological polar surface area (TPSA) is 116 Å². The zero-order valence-electron chi connectivity index (χ0n) is 16.5. The number of pyridine rings is 1. The molecule has 1 atom stereocenters. The third-order valence-electron chi connectivity index (χ3n) is 4.80. The summed E-state index contributed by atoms with van der Waals surface area (Å²) in [7, 11) is -2.61. The van der Waals surface area contributed by atoms with Gasteiger partial charge in [0.25, 0.3) is 0 Å². The van der Waals surface area contributed by atoms with E-state index in [1.165, 1.54) is 19.2 Å². The van der Waals surface area contributed by atoms with Crippen LogP contribution in [-0.4, -0.2) is 51.8 Å². The minimum atomic E-state index is -3.92. The number of fused-ring (bicyclic) bond motifs is 1. The molecule has 0 radical (unpaired) electrons. The Morgan fingerprint density at radius 3 is 2.48 bits per heavy atom. The molecule has 0 aliphatic heterocycles. The monoisotopic (exact) mass is 416 g/mol. The van der Waals surface area contributed by atoms with Crippen LogP contribution in [0.1, 0.15) is 31.5 Å². The fourth-order valence-electron chi connectivity index (χ4n) is 3.21. The molecule has 3 aromatic rings. The molecule has 1 aromatic carbocycles. The first-order chi connectivity index (χ1) is 13.7. The maximum Gasteiger partial charge on any atom is 0.322 e. The van der Waals surface area contributed by atoms with Crippen molar-refractivity contribution >= 4 is 27.0 Å². The molecule has 29 heavy (non-hydrogen) atoms. The number of imidazole rings is 1. The Bertz CT molecular complexity index is 1110. The Labute approximate surface area is 169 Å². The number of likely N-dealkylation sites (N-methyl/N-ethyl adjacent to an activating group) is 1. The Morgan fingerprint density at radius 1 is 1.17 bits per heavy atom. The second-order valence-electron chi connectivity index (χ2n) is 7.38. The number of hydrogen-bond acceptors (Lipinski definition) is 5. The molecule has 0 saturated heterocycles. The second kappa shape index (κ2) is 8.30. The largest absolute Gasteiger partial charge is 0.480 e. The predicted octanol–water partition coefficient (Wildman–Crippen LogP) is 2.67. The smallest absolute Gasteiger partial charge is 0.322 e. The van der Waals surface area contributed by atoms with E-state index in [-0.39, 0.29) is 17.2 Å². The first-order valence-electron chi connectivity index (χ1n) is 9.27. The van der Waals surface area contributed by atoms with E-state index in [4.69, 9.17) is 0 Å². The lowest BCUT2D eigenvalue weighted by atomic mass is 10.0. The second-order valence-corrected chi connectivity index (χ2v) is 9.38. The van der Waals surface area contributed by atoms with Crippen molar-refractivity contribution in [2.75, 3.05) is 7.05 Å². The molecule has 2 N–H and O–H groups in total. The molecule has 0 aliphatic carbocycles. The molecule has 0 amide bonds. The Hall–Kier alpha value is -2.78. The van der Waals surface area contributed by atoms with Crippen LogP contribution in [0.2, 0.25) is 0 Å². The Morgan fingerprint density at radius 2 is 1.86 bits per heavy atom. The predicted molar refractivity (Wildman–Crippen MR) is 109 cm³/mol. The molecule has 0 spiro atoms. The summed E-state index contributed by atoms with van der Waals surface area (Å²) in [4.78, 5) is 23.3. The standard InChI is InChI=1S/C20H24N4O4S/c1-13(2)10-18(20(25)26)24(3)29(27,28)15-6-4-14(5-7-15)11-17-19-16(8-9-21-17)22-12-23-19/h4-9,12-13,18H,10-11H2,1-3H3,(H,22,23)(H,25,26)/t18-/m0/s1. The van der Waals surface area contributed by atoms with Gasteiger partial charge in [-0.05, 0) is 36.1 Å². The zero-order valence-corrected chi connectivity index (χ0v) is 17.3. The SMILES string of the molecule is CC(C)C[C@@H](C(=O)O)N(C)S(=O)(=O)c1ccc(Cc2nccc3[nH]cnc23)cc1. The zero-order chi connectivity index (χ0) is 21.2. The molecule has 2 aromatic heterocycles. The lowest BCUT2D eigenvalue weighted by Crippen LogP contribution is -2.43. The van der Waals surface area contributed by atoms with E-state index >= 15 is 0 Å². The van der Waals surface area contributed by atoms with Gasteiger partial charge in [-0.25, -0.2) is 13.4 Å². The van der Waals surface area contributed by atoms with Gasteiger partial charge in [-0.3, -0.25) is 9.78 Å². The molecule has 154 valence electrons. The average molecular weight is 417 g/mol. The number of aliphatic carboxylic acids is 1. The van der Waals surface area contributed by atoms with E-state index in [1.54, 1.807) is 24.7 Å². The molecule has 2 heterocycles. The summed E-state index contributed by atoms with van der Waals surface area (Å²) in [6.07, 6.45) is 4.05. The summed E-state index contributed by atoms with van der Waals surface area (Å²) in [5.41, 5.74) is 3.34. The van der Waals surface area contributed by atoms with Crippen molar-refractivity contribution in [3.63, 3.8) is 0 Å². The molecule has 0 fully saturated rings. The highest BCUT2D eigenvalue weighted by Crippen LogP contribution is 2.22. The lowest BCUT2D eigenvalue weighted by Gasteiger charge is -2.25. The van der Waals surface area contributed by atoms with Gasteiger partial charge in [0.05, 0.1) is 22.4 Å². The fraction of sp³-hybridized carbons (Fsp3) is 0.350. The van der Waals surface area contributed by atoms with Crippen molar-refractivity contribution in [3.8, 4) is 0 Å². The molecule has 0 saturated carbocycles. The van der Waals surface area contributed by atoms with Crippen molar-refractivity contribution < 1.29 is 18.3 Å². The van der Waals surface area contributed by atoms with Crippen molar-refractivity contribution in [3.05, 3.63) is 54.1 Å². The van der Waals surface area contributed by atoms with Crippen molar-refractivity contribution in [2.45, 2.75) is 37.6 Å². The minimum absolute atomic E-state index is 0.0494. The van der Waals surface area contributed by atoms with Gasteiger partial charge in [0.15, 0.2) is 0 Å². The highest BCUT2D eigenvalue weighted by molar-refractivity contribution is 7.89. The number of carbonyl (C=O) groups is 1. The van der Waals surface area contributed by atoms with Crippen LogP contribution in [0, 0.1) is 5.92 Å². The Balaban J connectivity index is 1.83. The van der Waals surface area contributed by atoms with Crippen LogP contribution in [0.25, 0.3) is 11.0 Å². The van der Waals surface area contributed by atoms with Crippen LogP contribution in [-0.2, 0) is 21.2 Å². The highest BCUT2D eigenvalue weighted by Gasteiger charge is 2.33. The molecule has 0 aliphatic rings. The number of nitrogens with zero attached hydrogens (tertiary/aromatic N) is 3. The number of carboxylic acids is 1. The van der Waals surface area contributed by atoms with Gasteiger partial charge in [0, 0.05) is 19.7 Å². The Kier molecular flexibility index (Phi) is 5.99. The van der Waals surface area contributed by atoms with Crippen LogP contribution in [0.15, 0.2) is 47.8 Å². The summed E-state index contributed by atoms with van der Waals surface area (Å²) >= 11 is 0. The number of H-pyrrole nitrogens is 1. The normalized spacial score (nSPS) is 13.3. The number of nitrogens with one attached hydrogen (secondary N) is 1. The number of aromatic amines is 1. The minimum Gasteiger partial charge on any atom is -0.480 e. The van der Waals surface area contributed by atoms with Gasteiger partial charge in [-0.1, -0.05) is 26.0 Å². The van der Waals surface area contributed by atoms with E-state index in [2.05, 4.69) is 15.0 Å². The maximum atomic E-state index is 12.9. The van der Waals surface area contributed by atoms with E-state index in [1.807, 2.05) is 19.9 Å².